The van der Waals surface area contributed by atoms with Crippen LogP contribution in [0.3, 0.4) is 0 Å². The lowest BCUT2D eigenvalue weighted by Crippen LogP contribution is -2.14. The summed E-state index contributed by atoms with van der Waals surface area (Å²) in [7, 11) is 4.77. The number of benzene rings is 2. The quantitative estimate of drug-likeness (QED) is 0.842. The summed E-state index contributed by atoms with van der Waals surface area (Å²) in [6.07, 6.45) is 0.513. The molecule has 1 aliphatic heterocycles. The minimum Gasteiger partial charge on any atom is -0.496 e. The maximum absolute atomic E-state index is 12.4. The van der Waals surface area contributed by atoms with Crippen molar-refractivity contribution in [3.63, 3.8) is 0 Å². The van der Waals surface area contributed by atoms with Crippen molar-refractivity contribution in [3.05, 3.63) is 45.9 Å². The highest BCUT2D eigenvalue weighted by Crippen LogP contribution is 2.41. The largest absolute Gasteiger partial charge is 0.496 e. The molecule has 1 N–H and O–H groups in total. The van der Waals surface area contributed by atoms with Gasteiger partial charge in [0.1, 0.15) is 5.75 Å². The van der Waals surface area contributed by atoms with Gasteiger partial charge >= 0.3 is 0 Å². The van der Waals surface area contributed by atoms with E-state index in [1.165, 1.54) is 0 Å². The van der Waals surface area contributed by atoms with Gasteiger partial charge in [0.05, 0.1) is 27.2 Å². The van der Waals surface area contributed by atoms with Crippen molar-refractivity contribution in [1.29, 1.82) is 0 Å². The average molecular weight is 392 g/mol. The van der Waals surface area contributed by atoms with E-state index in [0.29, 0.717) is 23.7 Å². The molecule has 6 heteroatoms. The minimum absolute atomic E-state index is 0.0139. The monoisotopic (exact) mass is 391 g/mol. The molecule has 0 saturated heterocycles. The Kier molecular flexibility index (Phi) is 4.66. The van der Waals surface area contributed by atoms with Gasteiger partial charge in [-0.3, -0.25) is 4.79 Å². The smallest absolute Gasteiger partial charge is 0.232 e. The average Bonchev–Trinajstić information content (AvgIpc) is 2.89. The molecule has 5 nitrogen and oxygen atoms in total. The third-order valence-electron chi connectivity index (χ3n) is 4.17. The Morgan fingerprint density at radius 3 is 2.33 bits per heavy atom. The zero-order valence-corrected chi connectivity index (χ0v) is 15.3. The highest BCUT2D eigenvalue weighted by Gasteiger charge is 2.31. The maximum atomic E-state index is 12.4. The van der Waals surface area contributed by atoms with E-state index in [1.54, 1.807) is 27.4 Å². The third kappa shape index (κ3) is 2.94. The fraction of sp³-hybridized carbons (Fsp3) is 0.278. The predicted octanol–water partition coefficient (Wildman–Crippen LogP) is 3.75. The first kappa shape index (κ1) is 16.6. The van der Waals surface area contributed by atoms with Gasteiger partial charge in [-0.15, -0.1) is 0 Å². The number of ether oxygens (including phenoxy) is 3. The summed E-state index contributed by atoms with van der Waals surface area (Å²) >= 11 is 3.47. The number of fused-ring (bicyclic) bond motifs is 1. The molecule has 1 heterocycles. The molecule has 0 radical (unpaired) electrons. The number of nitrogens with one attached hydrogen (secondary N) is 1. The van der Waals surface area contributed by atoms with Gasteiger partial charge in [0.2, 0.25) is 5.91 Å². The lowest BCUT2D eigenvalue weighted by molar-refractivity contribution is -0.117. The number of hydrogen-bond acceptors (Lipinski definition) is 4. The summed E-state index contributed by atoms with van der Waals surface area (Å²) in [6, 6.07) is 9.44. The predicted molar refractivity (Wildman–Crippen MR) is 95.3 cm³/mol. The Morgan fingerprint density at radius 2 is 1.67 bits per heavy atom. The van der Waals surface area contributed by atoms with Crippen molar-refractivity contribution in [3.8, 4) is 17.2 Å². The van der Waals surface area contributed by atoms with Gasteiger partial charge in [0.25, 0.3) is 0 Å². The molecule has 3 rings (SSSR count). The van der Waals surface area contributed by atoms with Gasteiger partial charge < -0.3 is 19.5 Å². The molecule has 126 valence electrons. The lowest BCUT2D eigenvalue weighted by Gasteiger charge is -2.16. The van der Waals surface area contributed by atoms with Crippen LogP contribution in [0.4, 0.5) is 5.69 Å². The third-order valence-corrected chi connectivity index (χ3v) is 4.67. The highest BCUT2D eigenvalue weighted by atomic mass is 79.9. The van der Waals surface area contributed by atoms with Crippen LogP contribution in [0.1, 0.15) is 17.0 Å². The van der Waals surface area contributed by atoms with Crippen LogP contribution in [0.15, 0.2) is 34.8 Å². The molecule has 0 spiro atoms. The molecule has 0 aliphatic carbocycles. The summed E-state index contributed by atoms with van der Waals surface area (Å²) in [5.41, 5.74) is 2.72. The Bertz CT molecular complexity index is 791. The maximum Gasteiger partial charge on any atom is 0.232 e. The first-order chi connectivity index (χ1) is 11.6. The molecule has 0 unspecified atom stereocenters. The molecule has 24 heavy (non-hydrogen) atoms. The zero-order chi connectivity index (χ0) is 17.3. The Balaban J connectivity index is 2.00. The molecule has 2 aromatic carbocycles. The van der Waals surface area contributed by atoms with E-state index in [0.717, 1.165) is 21.3 Å². The van der Waals surface area contributed by atoms with E-state index in [-0.39, 0.29) is 11.8 Å². The van der Waals surface area contributed by atoms with Crippen LogP contribution in [-0.4, -0.2) is 27.2 Å². The van der Waals surface area contributed by atoms with E-state index >= 15 is 0 Å². The van der Waals surface area contributed by atoms with Crippen molar-refractivity contribution in [2.75, 3.05) is 26.6 Å². The number of amides is 1. The van der Waals surface area contributed by atoms with Crippen LogP contribution in [0, 0.1) is 0 Å². The van der Waals surface area contributed by atoms with Gasteiger partial charge in [-0.2, -0.15) is 0 Å². The van der Waals surface area contributed by atoms with Crippen LogP contribution >= 0.6 is 15.9 Å². The van der Waals surface area contributed by atoms with Gasteiger partial charge in [-0.05, 0) is 41.8 Å². The topological polar surface area (TPSA) is 56.8 Å². The van der Waals surface area contributed by atoms with Crippen molar-refractivity contribution < 1.29 is 19.0 Å². The molecule has 1 atom stereocenters. The zero-order valence-electron chi connectivity index (χ0n) is 13.7. The lowest BCUT2D eigenvalue weighted by atomic mass is 9.92. The summed E-state index contributed by atoms with van der Waals surface area (Å²) in [5, 5.41) is 2.93. The fourth-order valence-electron chi connectivity index (χ4n) is 2.97. The van der Waals surface area contributed by atoms with Crippen molar-refractivity contribution in [2.45, 2.75) is 12.3 Å². The first-order valence-corrected chi connectivity index (χ1v) is 8.26. The molecule has 1 aliphatic rings. The van der Waals surface area contributed by atoms with Crippen LogP contribution < -0.4 is 19.5 Å². The van der Waals surface area contributed by atoms with Crippen LogP contribution in [0.2, 0.25) is 0 Å². The Hall–Kier alpha value is -2.21. The van der Waals surface area contributed by atoms with E-state index < -0.39 is 0 Å². The van der Waals surface area contributed by atoms with Crippen LogP contribution in [-0.2, 0) is 11.2 Å². The SMILES string of the molecule is COc1cc(OC)c(OC)cc1C[C@H]1C(=O)Nc2ccc(Br)cc21. The molecule has 0 fully saturated rings. The van der Waals surface area contributed by atoms with Crippen LogP contribution in [0.25, 0.3) is 0 Å². The number of carbonyl (C=O) groups excluding carboxylic acids is 1. The summed E-state index contributed by atoms with van der Waals surface area (Å²) < 4.78 is 17.1. The Labute approximate surface area is 149 Å². The van der Waals surface area contributed by atoms with E-state index in [4.69, 9.17) is 14.2 Å². The highest BCUT2D eigenvalue weighted by molar-refractivity contribution is 9.10. The second-order valence-corrected chi connectivity index (χ2v) is 6.41. The first-order valence-electron chi connectivity index (χ1n) is 7.46. The fourth-order valence-corrected chi connectivity index (χ4v) is 3.35. The van der Waals surface area contributed by atoms with Crippen molar-refractivity contribution in [2.24, 2.45) is 0 Å². The van der Waals surface area contributed by atoms with E-state index in [2.05, 4.69) is 21.2 Å². The van der Waals surface area contributed by atoms with Gasteiger partial charge in [-0.1, -0.05) is 15.9 Å². The second-order valence-electron chi connectivity index (χ2n) is 5.50. The number of halogens is 1. The van der Waals surface area contributed by atoms with Gasteiger partial charge in [0.15, 0.2) is 11.5 Å². The number of anilines is 1. The number of methoxy groups -OCH3 is 3. The van der Waals surface area contributed by atoms with E-state index in [1.807, 2.05) is 24.3 Å². The molecular weight excluding hydrogens is 374 g/mol. The number of rotatable bonds is 5. The molecule has 0 aromatic heterocycles. The molecule has 1 amide bonds. The second kappa shape index (κ2) is 6.73. The summed E-state index contributed by atoms with van der Waals surface area (Å²) in [6.45, 7) is 0. The van der Waals surface area contributed by atoms with E-state index in [9.17, 15) is 4.79 Å². The molecule has 0 bridgehead atoms. The molecule has 2 aromatic rings. The number of carbonyl (C=O) groups is 1. The van der Waals surface area contributed by atoms with Crippen LogP contribution in [0.5, 0.6) is 17.2 Å². The van der Waals surface area contributed by atoms with Gasteiger partial charge in [-0.25, -0.2) is 0 Å². The van der Waals surface area contributed by atoms with Gasteiger partial charge in [0, 0.05) is 16.2 Å². The minimum atomic E-state index is -0.274. The standard InChI is InChI=1S/C18H18BrNO4/c1-22-15-9-17(24-3)16(23-2)7-10(15)6-13-12-8-11(19)4-5-14(12)20-18(13)21/h4-5,7-9,13H,6H2,1-3H3,(H,20,21)/t13-/m1/s1. The van der Waals surface area contributed by atoms with Crippen molar-refractivity contribution in [1.82, 2.24) is 0 Å². The number of hydrogen-bond donors (Lipinski definition) is 1. The molecule has 0 saturated carbocycles. The Morgan fingerprint density at radius 1 is 1.00 bits per heavy atom. The summed E-state index contributed by atoms with van der Waals surface area (Å²) in [5.74, 6) is 1.59. The normalized spacial score (nSPS) is 15.7. The van der Waals surface area contributed by atoms with Crippen molar-refractivity contribution >= 4 is 27.5 Å². The summed E-state index contributed by atoms with van der Waals surface area (Å²) in [4.78, 5) is 12.4. The molecular formula is C18H18BrNO4.